The molecule has 0 aliphatic heterocycles. The average Bonchev–Trinajstić information content (AvgIpc) is 2.38. The maximum atomic E-state index is 5.84. The molecule has 1 aromatic heterocycles. The minimum atomic E-state index is -0.208. The van der Waals surface area contributed by atoms with E-state index in [2.05, 4.69) is 55.1 Å². The van der Waals surface area contributed by atoms with Crippen molar-refractivity contribution in [2.75, 3.05) is 11.9 Å². The topological polar surface area (TPSA) is 76.7 Å². The van der Waals surface area contributed by atoms with Gasteiger partial charge in [-0.15, -0.1) is 5.10 Å². The molecule has 0 radical (unpaired) electrons. The Hall–Kier alpha value is -1.23. The van der Waals surface area contributed by atoms with Gasteiger partial charge < -0.3 is 11.1 Å². The highest BCUT2D eigenvalue weighted by atomic mass is 15.3. The van der Waals surface area contributed by atoms with Crippen LogP contribution < -0.4 is 11.1 Å². The molecule has 1 aromatic rings. The van der Waals surface area contributed by atoms with Crippen LogP contribution in [-0.2, 0) is 12.8 Å². The second-order valence-electron chi connectivity index (χ2n) is 5.14. The highest BCUT2D eigenvalue weighted by Gasteiger charge is 2.27. The Morgan fingerprint density at radius 2 is 1.78 bits per heavy atom. The molecule has 0 aliphatic carbocycles. The lowest BCUT2D eigenvalue weighted by molar-refractivity contribution is 0.379. The minimum absolute atomic E-state index is 0.208. The summed E-state index contributed by atoms with van der Waals surface area (Å²) in [6.07, 6.45) is 1.73. The first-order valence-corrected chi connectivity index (χ1v) is 6.67. The Morgan fingerprint density at radius 1 is 1.17 bits per heavy atom. The zero-order valence-corrected chi connectivity index (χ0v) is 12.1. The van der Waals surface area contributed by atoms with E-state index in [0.29, 0.717) is 18.4 Å². The third kappa shape index (κ3) is 3.16. The standard InChI is InChI=1S/C13H25N5/c1-6-10-11(7-2)17-18-12(15-10)16-13(5,8-14)9(3)4/h9H,6-8,14H2,1-5H3,(H,15,16,18). The van der Waals surface area contributed by atoms with Crippen LogP contribution in [0.15, 0.2) is 0 Å². The average molecular weight is 251 g/mol. The van der Waals surface area contributed by atoms with E-state index in [-0.39, 0.29) is 5.54 Å². The summed E-state index contributed by atoms with van der Waals surface area (Å²) in [4.78, 5) is 4.54. The summed E-state index contributed by atoms with van der Waals surface area (Å²) < 4.78 is 0. The quantitative estimate of drug-likeness (QED) is 0.806. The molecule has 5 heteroatoms. The number of hydrogen-bond acceptors (Lipinski definition) is 5. The Labute approximate surface area is 110 Å². The molecule has 0 saturated carbocycles. The fourth-order valence-corrected chi connectivity index (χ4v) is 1.68. The molecule has 5 nitrogen and oxygen atoms in total. The molecular weight excluding hydrogens is 226 g/mol. The third-order valence-corrected chi connectivity index (χ3v) is 3.60. The molecule has 0 aromatic carbocycles. The normalized spacial score (nSPS) is 14.6. The summed E-state index contributed by atoms with van der Waals surface area (Å²) in [5.41, 5.74) is 7.62. The van der Waals surface area contributed by atoms with Crippen LogP contribution in [0, 0.1) is 5.92 Å². The van der Waals surface area contributed by atoms with Crippen LogP contribution in [0.1, 0.15) is 46.0 Å². The van der Waals surface area contributed by atoms with Crippen molar-refractivity contribution < 1.29 is 0 Å². The molecule has 0 amide bonds. The Kier molecular flexibility index (Phi) is 5.02. The number of nitrogens with two attached hydrogens (primary N) is 1. The second kappa shape index (κ2) is 6.09. The summed E-state index contributed by atoms with van der Waals surface area (Å²) in [5, 5.41) is 11.7. The molecule has 0 bridgehead atoms. The van der Waals surface area contributed by atoms with Gasteiger partial charge in [0.25, 0.3) is 0 Å². The van der Waals surface area contributed by atoms with Gasteiger partial charge in [0.1, 0.15) is 0 Å². The molecule has 0 fully saturated rings. The third-order valence-electron chi connectivity index (χ3n) is 3.60. The molecule has 0 spiro atoms. The fraction of sp³-hybridized carbons (Fsp3) is 0.769. The predicted molar refractivity (Wildman–Crippen MR) is 74.5 cm³/mol. The van der Waals surface area contributed by atoms with E-state index in [4.69, 9.17) is 5.73 Å². The van der Waals surface area contributed by atoms with E-state index in [1.807, 2.05) is 0 Å². The zero-order valence-electron chi connectivity index (χ0n) is 12.1. The Bertz CT molecular complexity index is 391. The van der Waals surface area contributed by atoms with Crippen LogP contribution in [0.2, 0.25) is 0 Å². The summed E-state index contributed by atoms with van der Waals surface area (Å²) in [6, 6.07) is 0. The minimum Gasteiger partial charge on any atom is -0.346 e. The maximum Gasteiger partial charge on any atom is 0.243 e. The molecule has 3 N–H and O–H groups in total. The summed E-state index contributed by atoms with van der Waals surface area (Å²) in [6.45, 7) is 11.0. The first-order chi connectivity index (χ1) is 8.46. The molecule has 0 aliphatic rings. The van der Waals surface area contributed by atoms with Crippen molar-refractivity contribution in [3.05, 3.63) is 11.4 Å². The molecule has 1 heterocycles. The Morgan fingerprint density at radius 3 is 2.22 bits per heavy atom. The summed E-state index contributed by atoms with van der Waals surface area (Å²) in [5.74, 6) is 0.965. The lowest BCUT2D eigenvalue weighted by Crippen LogP contribution is -2.47. The molecule has 102 valence electrons. The van der Waals surface area contributed by atoms with E-state index < -0.39 is 0 Å². The van der Waals surface area contributed by atoms with Crippen molar-refractivity contribution in [3.63, 3.8) is 0 Å². The van der Waals surface area contributed by atoms with Crippen LogP contribution >= 0.6 is 0 Å². The smallest absolute Gasteiger partial charge is 0.243 e. The fourth-order valence-electron chi connectivity index (χ4n) is 1.68. The van der Waals surface area contributed by atoms with Gasteiger partial charge in [0, 0.05) is 6.54 Å². The van der Waals surface area contributed by atoms with Gasteiger partial charge in [-0.05, 0) is 25.7 Å². The molecule has 0 saturated heterocycles. The molecule has 18 heavy (non-hydrogen) atoms. The molecule has 1 atom stereocenters. The van der Waals surface area contributed by atoms with Gasteiger partial charge in [-0.3, -0.25) is 0 Å². The monoisotopic (exact) mass is 251 g/mol. The zero-order chi connectivity index (χ0) is 13.8. The van der Waals surface area contributed by atoms with Crippen molar-refractivity contribution in [2.24, 2.45) is 11.7 Å². The number of rotatable bonds is 6. The van der Waals surface area contributed by atoms with Gasteiger partial charge in [-0.25, -0.2) is 4.98 Å². The molecule has 1 unspecified atom stereocenters. The van der Waals surface area contributed by atoms with E-state index in [1.54, 1.807) is 0 Å². The van der Waals surface area contributed by atoms with Crippen LogP contribution in [-0.4, -0.2) is 27.3 Å². The predicted octanol–water partition coefficient (Wildman–Crippen LogP) is 1.78. The van der Waals surface area contributed by atoms with Gasteiger partial charge in [0.2, 0.25) is 5.95 Å². The summed E-state index contributed by atoms with van der Waals surface area (Å²) >= 11 is 0. The molecule has 1 rings (SSSR count). The van der Waals surface area contributed by atoms with Gasteiger partial charge >= 0.3 is 0 Å². The first-order valence-electron chi connectivity index (χ1n) is 6.67. The van der Waals surface area contributed by atoms with Crippen molar-refractivity contribution in [1.82, 2.24) is 15.2 Å². The van der Waals surface area contributed by atoms with Crippen LogP contribution in [0.5, 0.6) is 0 Å². The van der Waals surface area contributed by atoms with E-state index in [0.717, 1.165) is 24.2 Å². The molecular formula is C13H25N5. The van der Waals surface area contributed by atoms with Crippen molar-refractivity contribution in [1.29, 1.82) is 0 Å². The lowest BCUT2D eigenvalue weighted by atomic mass is 9.89. The number of nitrogens with zero attached hydrogens (tertiary/aromatic N) is 3. The van der Waals surface area contributed by atoms with Crippen molar-refractivity contribution in [2.45, 2.75) is 53.0 Å². The van der Waals surface area contributed by atoms with E-state index in [9.17, 15) is 0 Å². The van der Waals surface area contributed by atoms with E-state index in [1.165, 1.54) is 0 Å². The van der Waals surface area contributed by atoms with Gasteiger partial charge in [-0.1, -0.05) is 27.7 Å². The van der Waals surface area contributed by atoms with Crippen LogP contribution in [0.3, 0.4) is 0 Å². The number of anilines is 1. The number of nitrogens with one attached hydrogen (secondary N) is 1. The Balaban J connectivity index is 2.98. The summed E-state index contributed by atoms with van der Waals surface area (Å²) in [7, 11) is 0. The van der Waals surface area contributed by atoms with Gasteiger partial charge in [0.05, 0.1) is 16.9 Å². The SMILES string of the molecule is CCc1nnc(NC(C)(CN)C(C)C)nc1CC. The van der Waals surface area contributed by atoms with E-state index >= 15 is 0 Å². The van der Waals surface area contributed by atoms with Crippen molar-refractivity contribution in [3.8, 4) is 0 Å². The number of aromatic nitrogens is 3. The largest absolute Gasteiger partial charge is 0.346 e. The first kappa shape index (κ1) is 14.8. The number of hydrogen-bond donors (Lipinski definition) is 2. The highest BCUT2D eigenvalue weighted by Crippen LogP contribution is 2.20. The number of aryl methyl sites for hydroxylation is 2. The van der Waals surface area contributed by atoms with Crippen molar-refractivity contribution >= 4 is 5.95 Å². The van der Waals surface area contributed by atoms with Gasteiger partial charge in [0.15, 0.2) is 0 Å². The van der Waals surface area contributed by atoms with Crippen LogP contribution in [0.4, 0.5) is 5.95 Å². The maximum absolute atomic E-state index is 5.84. The van der Waals surface area contributed by atoms with Gasteiger partial charge in [-0.2, -0.15) is 5.10 Å². The highest BCUT2D eigenvalue weighted by molar-refractivity contribution is 5.30. The van der Waals surface area contributed by atoms with Crippen LogP contribution in [0.25, 0.3) is 0 Å². The second-order valence-corrected chi connectivity index (χ2v) is 5.14. The lowest BCUT2D eigenvalue weighted by Gasteiger charge is -2.33.